The van der Waals surface area contributed by atoms with Gasteiger partial charge in [-0.1, -0.05) is 0 Å². The van der Waals surface area contributed by atoms with Crippen molar-refractivity contribution >= 4 is 51.4 Å². The molecule has 0 saturated carbocycles. The highest BCUT2D eigenvalue weighted by Crippen LogP contribution is 2.28. The maximum Gasteiger partial charge on any atom is 0.287 e. The van der Waals surface area contributed by atoms with Crippen LogP contribution in [0.5, 0.6) is 0 Å². The van der Waals surface area contributed by atoms with Crippen LogP contribution < -0.4 is 5.32 Å². The SMILES string of the molecule is CS(=O)(=O)CCCNC(=O)c1cc(S(=O)(=O)Cl)c(Br)o1. The molecule has 114 valence electrons. The van der Waals surface area contributed by atoms with Crippen LogP contribution in [0.15, 0.2) is 20.0 Å². The largest absolute Gasteiger partial charge is 0.443 e. The van der Waals surface area contributed by atoms with Crippen LogP contribution in [0.1, 0.15) is 17.0 Å². The summed E-state index contributed by atoms with van der Waals surface area (Å²) < 4.78 is 48.8. The molecule has 0 fully saturated rings. The molecule has 20 heavy (non-hydrogen) atoms. The summed E-state index contributed by atoms with van der Waals surface area (Å²) in [6.07, 6.45) is 1.34. The zero-order valence-electron chi connectivity index (χ0n) is 10.2. The third-order valence-corrected chi connectivity index (χ3v) is 5.33. The third kappa shape index (κ3) is 5.43. The molecule has 0 atom stereocenters. The van der Waals surface area contributed by atoms with Crippen molar-refractivity contribution in [1.82, 2.24) is 5.32 Å². The highest BCUT2D eigenvalue weighted by molar-refractivity contribution is 9.10. The van der Waals surface area contributed by atoms with Crippen molar-refractivity contribution < 1.29 is 26.0 Å². The average Bonchev–Trinajstić information content (AvgIpc) is 2.65. The Kier molecular flexibility index (Phi) is 5.64. The Labute approximate surface area is 129 Å². The molecule has 0 aliphatic rings. The van der Waals surface area contributed by atoms with E-state index >= 15 is 0 Å². The molecule has 0 unspecified atom stereocenters. The summed E-state index contributed by atoms with van der Waals surface area (Å²) in [5, 5.41) is 2.41. The van der Waals surface area contributed by atoms with E-state index in [9.17, 15) is 21.6 Å². The Balaban J connectivity index is 2.66. The minimum Gasteiger partial charge on any atom is -0.443 e. The van der Waals surface area contributed by atoms with Gasteiger partial charge in [0.25, 0.3) is 15.0 Å². The highest BCUT2D eigenvalue weighted by atomic mass is 79.9. The number of sulfone groups is 1. The predicted octanol–water partition coefficient (Wildman–Crippen LogP) is 1.13. The lowest BCUT2D eigenvalue weighted by Crippen LogP contribution is -2.25. The Hall–Kier alpha value is -0.580. The standard InChI is InChI=1S/C9H11BrClNO6S2/c1-19(14,15)4-2-3-12-9(13)6-5-7(8(10)18-6)20(11,16)17/h5H,2-4H2,1H3,(H,12,13). The van der Waals surface area contributed by atoms with Crippen LogP contribution in [0.2, 0.25) is 0 Å². The van der Waals surface area contributed by atoms with Gasteiger partial charge in [0.15, 0.2) is 10.4 Å². The molecular weight excluding hydrogens is 398 g/mol. The second kappa shape index (κ2) is 6.46. The van der Waals surface area contributed by atoms with Crippen LogP contribution in [0, 0.1) is 0 Å². The van der Waals surface area contributed by atoms with Crippen LogP contribution in [-0.4, -0.2) is 41.3 Å². The van der Waals surface area contributed by atoms with Crippen LogP contribution in [0.3, 0.4) is 0 Å². The van der Waals surface area contributed by atoms with E-state index in [0.29, 0.717) is 0 Å². The van der Waals surface area contributed by atoms with Crippen molar-refractivity contribution in [2.75, 3.05) is 18.6 Å². The zero-order chi connectivity index (χ0) is 15.6. The van der Waals surface area contributed by atoms with Gasteiger partial charge in [-0.2, -0.15) is 0 Å². The molecule has 1 aromatic rings. The van der Waals surface area contributed by atoms with Crippen molar-refractivity contribution in [2.45, 2.75) is 11.3 Å². The third-order valence-electron chi connectivity index (χ3n) is 2.12. The molecule has 0 bridgehead atoms. The number of hydrogen-bond donors (Lipinski definition) is 1. The monoisotopic (exact) mass is 407 g/mol. The first-order valence-corrected chi connectivity index (χ1v) is 10.4. The Morgan fingerprint density at radius 1 is 1.40 bits per heavy atom. The summed E-state index contributed by atoms with van der Waals surface area (Å²) in [6.45, 7) is 0.118. The minimum atomic E-state index is -4.02. The number of carbonyl (C=O) groups is 1. The normalized spacial score (nSPS) is 12.3. The molecule has 1 heterocycles. The second-order valence-corrected chi connectivity index (χ2v) is 9.44. The fourth-order valence-corrected chi connectivity index (χ4v) is 3.96. The summed E-state index contributed by atoms with van der Waals surface area (Å²) in [6, 6.07) is 0.984. The Morgan fingerprint density at radius 2 is 2.00 bits per heavy atom. The van der Waals surface area contributed by atoms with E-state index in [1.54, 1.807) is 0 Å². The van der Waals surface area contributed by atoms with Crippen LogP contribution in [0.4, 0.5) is 0 Å². The first kappa shape index (κ1) is 17.5. The topological polar surface area (TPSA) is 111 Å². The average molecular weight is 409 g/mol. The fraction of sp³-hybridized carbons (Fsp3) is 0.444. The van der Waals surface area contributed by atoms with Crippen molar-refractivity contribution in [3.8, 4) is 0 Å². The summed E-state index contributed by atoms with van der Waals surface area (Å²) in [7, 11) is -1.96. The van der Waals surface area contributed by atoms with E-state index in [1.807, 2.05) is 0 Å². The Morgan fingerprint density at radius 3 is 2.45 bits per heavy atom. The number of furan rings is 1. The predicted molar refractivity (Wildman–Crippen MR) is 76.1 cm³/mol. The highest BCUT2D eigenvalue weighted by Gasteiger charge is 2.23. The number of halogens is 2. The fourth-order valence-electron chi connectivity index (χ4n) is 1.25. The lowest BCUT2D eigenvalue weighted by Gasteiger charge is -2.01. The quantitative estimate of drug-likeness (QED) is 0.558. The van der Waals surface area contributed by atoms with Crippen LogP contribution in [-0.2, 0) is 18.9 Å². The maximum atomic E-state index is 11.6. The number of rotatable bonds is 6. The van der Waals surface area contributed by atoms with Gasteiger partial charge in [-0.15, -0.1) is 0 Å². The van der Waals surface area contributed by atoms with Gasteiger partial charge in [-0.05, 0) is 22.4 Å². The van der Waals surface area contributed by atoms with E-state index in [0.717, 1.165) is 12.3 Å². The molecule has 0 aliphatic heterocycles. The molecule has 0 radical (unpaired) electrons. The van der Waals surface area contributed by atoms with E-state index in [2.05, 4.69) is 21.2 Å². The van der Waals surface area contributed by atoms with Gasteiger partial charge in [0.1, 0.15) is 14.7 Å². The van der Waals surface area contributed by atoms with Gasteiger partial charge in [0.2, 0.25) is 0 Å². The maximum absolute atomic E-state index is 11.6. The lowest BCUT2D eigenvalue weighted by molar-refractivity contribution is 0.0924. The molecule has 1 amide bonds. The molecule has 11 heteroatoms. The lowest BCUT2D eigenvalue weighted by atomic mass is 10.4. The van der Waals surface area contributed by atoms with Gasteiger partial charge in [0.05, 0.1) is 5.75 Å². The summed E-state index contributed by atoms with van der Waals surface area (Å²) >= 11 is 2.84. The smallest absolute Gasteiger partial charge is 0.287 e. The van der Waals surface area contributed by atoms with Gasteiger partial charge in [0, 0.05) is 29.5 Å². The molecule has 1 aromatic heterocycles. The van der Waals surface area contributed by atoms with Gasteiger partial charge in [-0.25, -0.2) is 16.8 Å². The molecule has 1 rings (SSSR count). The molecule has 0 aromatic carbocycles. The molecule has 0 spiro atoms. The first-order chi connectivity index (χ1) is 9.00. The van der Waals surface area contributed by atoms with Gasteiger partial charge < -0.3 is 9.73 Å². The summed E-state index contributed by atoms with van der Waals surface area (Å²) in [4.78, 5) is 11.3. The second-order valence-electron chi connectivity index (χ2n) is 3.93. The number of carbonyl (C=O) groups excluding carboxylic acids is 1. The zero-order valence-corrected chi connectivity index (χ0v) is 14.2. The number of hydrogen-bond acceptors (Lipinski definition) is 6. The molecular formula is C9H11BrClNO6S2. The first-order valence-electron chi connectivity index (χ1n) is 5.20. The van der Waals surface area contributed by atoms with E-state index in [1.165, 1.54) is 0 Å². The van der Waals surface area contributed by atoms with E-state index in [-0.39, 0.29) is 34.0 Å². The van der Waals surface area contributed by atoms with Crippen molar-refractivity contribution in [3.63, 3.8) is 0 Å². The number of nitrogens with one attached hydrogen (secondary N) is 1. The molecule has 1 N–H and O–H groups in total. The van der Waals surface area contributed by atoms with Crippen molar-refractivity contribution in [1.29, 1.82) is 0 Å². The number of amides is 1. The minimum absolute atomic E-state index is 0.0591. The van der Waals surface area contributed by atoms with Crippen molar-refractivity contribution in [3.05, 3.63) is 16.5 Å². The van der Waals surface area contributed by atoms with Gasteiger partial charge >= 0.3 is 0 Å². The van der Waals surface area contributed by atoms with Crippen LogP contribution >= 0.6 is 26.6 Å². The van der Waals surface area contributed by atoms with E-state index < -0.39 is 24.8 Å². The molecule has 7 nitrogen and oxygen atoms in total. The summed E-state index contributed by atoms with van der Waals surface area (Å²) in [5.74, 6) is -0.961. The van der Waals surface area contributed by atoms with Crippen molar-refractivity contribution in [2.24, 2.45) is 0 Å². The van der Waals surface area contributed by atoms with Crippen LogP contribution in [0.25, 0.3) is 0 Å². The summed E-state index contributed by atoms with van der Waals surface area (Å²) in [5.41, 5.74) is 0. The Bertz CT molecular complexity index is 709. The molecule has 0 saturated heterocycles. The van der Waals surface area contributed by atoms with E-state index in [4.69, 9.17) is 15.1 Å². The van der Waals surface area contributed by atoms with Gasteiger partial charge in [-0.3, -0.25) is 4.79 Å². The molecule has 0 aliphatic carbocycles.